The molecule has 0 bridgehead atoms. The summed E-state index contributed by atoms with van der Waals surface area (Å²) in [5.41, 5.74) is 1.30. The molecule has 4 rings (SSSR count). The topological polar surface area (TPSA) is 114 Å². The van der Waals surface area contributed by atoms with E-state index in [9.17, 15) is 18.0 Å². The van der Waals surface area contributed by atoms with Gasteiger partial charge in [0.2, 0.25) is 12.7 Å². The average molecular weight is 516 g/mol. The second-order valence-electron chi connectivity index (χ2n) is 7.71. The first-order chi connectivity index (χ1) is 16.7. The van der Waals surface area contributed by atoms with Gasteiger partial charge in [0, 0.05) is 30.2 Å². The summed E-state index contributed by atoms with van der Waals surface area (Å²) in [6, 6.07) is 17.5. The summed E-state index contributed by atoms with van der Waals surface area (Å²) in [5.74, 6) is 0.613. The van der Waals surface area contributed by atoms with Gasteiger partial charge in [0.15, 0.2) is 11.5 Å². The molecular formula is C24H22ClN3O6S. The van der Waals surface area contributed by atoms with Crippen molar-refractivity contribution < 1.29 is 27.5 Å². The van der Waals surface area contributed by atoms with Crippen LogP contribution in [0.2, 0.25) is 5.02 Å². The maximum Gasteiger partial charge on any atom is 0.329 e. The molecular weight excluding hydrogens is 494 g/mol. The maximum atomic E-state index is 13.4. The zero-order valence-electron chi connectivity index (χ0n) is 18.6. The van der Waals surface area contributed by atoms with Crippen LogP contribution in [-0.4, -0.2) is 40.2 Å². The molecule has 1 aliphatic heterocycles. The summed E-state index contributed by atoms with van der Waals surface area (Å²) >= 11 is 5.87. The number of rotatable bonds is 7. The van der Waals surface area contributed by atoms with Crippen molar-refractivity contribution in [2.45, 2.75) is 17.4 Å². The maximum absolute atomic E-state index is 13.4. The first kappa shape index (κ1) is 24.4. The van der Waals surface area contributed by atoms with Crippen LogP contribution in [0.3, 0.4) is 0 Å². The SMILES string of the molecule is CN(C(=O)[C@H](Cc1ccccc1)NC(=O)NS(=O)(=O)c1cccc(Cl)c1)c1ccc2c(c1)OCO2. The van der Waals surface area contributed by atoms with Gasteiger partial charge in [-0.3, -0.25) is 4.79 Å². The van der Waals surface area contributed by atoms with E-state index >= 15 is 0 Å². The molecule has 3 amide bonds. The molecule has 3 aromatic carbocycles. The van der Waals surface area contributed by atoms with Crippen LogP contribution in [0.15, 0.2) is 77.7 Å². The second-order valence-corrected chi connectivity index (χ2v) is 9.83. The number of ether oxygens (including phenoxy) is 2. The number of anilines is 1. The van der Waals surface area contributed by atoms with Gasteiger partial charge < -0.3 is 19.7 Å². The molecule has 0 saturated heterocycles. The van der Waals surface area contributed by atoms with E-state index in [1.54, 1.807) is 25.2 Å². The van der Waals surface area contributed by atoms with Crippen molar-refractivity contribution in [3.05, 3.63) is 83.4 Å². The van der Waals surface area contributed by atoms with E-state index in [4.69, 9.17) is 21.1 Å². The molecule has 11 heteroatoms. The van der Waals surface area contributed by atoms with Gasteiger partial charge >= 0.3 is 6.03 Å². The highest BCUT2D eigenvalue weighted by Crippen LogP contribution is 2.35. The molecule has 0 spiro atoms. The number of carbonyl (C=O) groups is 2. The van der Waals surface area contributed by atoms with Gasteiger partial charge in [0.1, 0.15) is 6.04 Å². The number of hydrogen-bond donors (Lipinski definition) is 2. The largest absolute Gasteiger partial charge is 0.454 e. The molecule has 1 atom stereocenters. The lowest BCUT2D eigenvalue weighted by Gasteiger charge is -2.25. The minimum atomic E-state index is -4.21. The molecule has 0 fully saturated rings. The van der Waals surface area contributed by atoms with E-state index in [-0.39, 0.29) is 23.1 Å². The van der Waals surface area contributed by atoms with Crippen LogP contribution in [0.25, 0.3) is 0 Å². The number of amides is 3. The summed E-state index contributed by atoms with van der Waals surface area (Å²) in [5, 5.41) is 2.70. The predicted molar refractivity (Wildman–Crippen MR) is 130 cm³/mol. The standard InChI is InChI=1S/C24H22ClN3O6S/c1-28(18-10-11-21-22(14-18)34-15-33-21)23(29)20(12-16-6-3-2-4-7-16)26-24(30)27-35(31,32)19-9-5-8-17(25)13-19/h2-11,13-14,20H,12,15H2,1H3,(H2,26,27,30)/t20-/m0/s1. The van der Waals surface area contributed by atoms with E-state index in [0.717, 1.165) is 5.56 Å². The molecule has 0 radical (unpaired) electrons. The van der Waals surface area contributed by atoms with E-state index in [0.29, 0.717) is 17.2 Å². The Morgan fingerprint density at radius 2 is 1.74 bits per heavy atom. The molecule has 3 aromatic rings. The third-order valence-electron chi connectivity index (χ3n) is 5.29. The summed E-state index contributed by atoms with van der Waals surface area (Å²) in [6.07, 6.45) is 0.138. The number of carbonyl (C=O) groups excluding carboxylic acids is 2. The van der Waals surface area contributed by atoms with Crippen LogP contribution in [0, 0.1) is 0 Å². The van der Waals surface area contributed by atoms with Crippen LogP contribution in [0.1, 0.15) is 5.56 Å². The first-order valence-electron chi connectivity index (χ1n) is 10.5. The van der Waals surface area contributed by atoms with Gasteiger partial charge in [-0.05, 0) is 35.9 Å². The Balaban J connectivity index is 1.54. The number of nitrogens with one attached hydrogen (secondary N) is 2. The van der Waals surface area contributed by atoms with Gasteiger partial charge in [0.05, 0.1) is 4.90 Å². The van der Waals surface area contributed by atoms with Gasteiger partial charge in [-0.2, -0.15) is 0 Å². The lowest BCUT2D eigenvalue weighted by atomic mass is 10.0. The van der Waals surface area contributed by atoms with Crippen molar-refractivity contribution in [3.8, 4) is 11.5 Å². The summed E-state index contributed by atoms with van der Waals surface area (Å²) in [4.78, 5) is 27.3. The Hall–Kier alpha value is -3.76. The fraction of sp³-hybridized carbons (Fsp3) is 0.167. The van der Waals surface area contributed by atoms with Crippen molar-refractivity contribution in [2.75, 3.05) is 18.7 Å². The van der Waals surface area contributed by atoms with E-state index < -0.39 is 28.0 Å². The molecule has 2 N–H and O–H groups in total. The van der Waals surface area contributed by atoms with Gasteiger partial charge in [-0.15, -0.1) is 0 Å². The molecule has 35 heavy (non-hydrogen) atoms. The highest BCUT2D eigenvalue weighted by molar-refractivity contribution is 7.90. The van der Waals surface area contributed by atoms with Gasteiger partial charge in [0.25, 0.3) is 10.0 Å². The summed E-state index contributed by atoms with van der Waals surface area (Å²) in [6.45, 7) is 0.0932. The zero-order chi connectivity index (χ0) is 25.0. The molecule has 9 nitrogen and oxygen atoms in total. The monoisotopic (exact) mass is 515 g/mol. The quantitative estimate of drug-likeness (QED) is 0.499. The van der Waals surface area contributed by atoms with Crippen LogP contribution in [0.4, 0.5) is 10.5 Å². The number of hydrogen-bond acceptors (Lipinski definition) is 6. The number of nitrogens with zero attached hydrogens (tertiary/aromatic N) is 1. The Morgan fingerprint density at radius 1 is 1.00 bits per heavy atom. The fourth-order valence-electron chi connectivity index (χ4n) is 3.51. The highest BCUT2D eigenvalue weighted by Gasteiger charge is 2.28. The highest BCUT2D eigenvalue weighted by atomic mass is 35.5. The number of urea groups is 1. The Bertz CT molecular complexity index is 1350. The van der Waals surface area contributed by atoms with E-state index in [2.05, 4.69) is 5.32 Å². The molecule has 182 valence electrons. The molecule has 1 aliphatic rings. The molecule has 0 aliphatic carbocycles. The minimum absolute atomic E-state index is 0.0932. The predicted octanol–water partition coefficient (Wildman–Crippen LogP) is 3.33. The lowest BCUT2D eigenvalue weighted by Crippen LogP contribution is -2.52. The fourth-order valence-corrected chi connectivity index (χ4v) is 4.72. The number of sulfonamides is 1. The Labute approximate surface area is 207 Å². The van der Waals surface area contributed by atoms with Crippen LogP contribution >= 0.6 is 11.6 Å². The number of fused-ring (bicyclic) bond motifs is 1. The molecule has 1 heterocycles. The normalized spacial score (nSPS) is 13.1. The van der Waals surface area contributed by atoms with Crippen LogP contribution in [-0.2, 0) is 21.2 Å². The first-order valence-corrected chi connectivity index (χ1v) is 12.4. The summed E-state index contributed by atoms with van der Waals surface area (Å²) < 4.78 is 37.9. The van der Waals surface area contributed by atoms with Crippen molar-refractivity contribution in [3.63, 3.8) is 0 Å². The van der Waals surface area contributed by atoms with Crippen LogP contribution < -0.4 is 24.4 Å². The van der Waals surface area contributed by atoms with E-state index in [1.165, 1.54) is 29.2 Å². The third kappa shape index (κ3) is 5.84. The number of likely N-dealkylation sites (N-methyl/N-ethyl adjacent to an activating group) is 1. The third-order valence-corrected chi connectivity index (χ3v) is 6.86. The minimum Gasteiger partial charge on any atom is -0.454 e. The van der Waals surface area contributed by atoms with Crippen molar-refractivity contribution in [1.82, 2.24) is 10.0 Å². The average Bonchev–Trinajstić information content (AvgIpc) is 3.31. The number of benzene rings is 3. The zero-order valence-corrected chi connectivity index (χ0v) is 20.2. The second kappa shape index (κ2) is 10.2. The Morgan fingerprint density at radius 3 is 2.49 bits per heavy atom. The van der Waals surface area contributed by atoms with Gasteiger partial charge in [-0.1, -0.05) is 48.0 Å². The Kier molecular flexibility index (Phi) is 7.13. The van der Waals surface area contributed by atoms with Crippen molar-refractivity contribution in [2.24, 2.45) is 0 Å². The molecule has 0 aromatic heterocycles. The van der Waals surface area contributed by atoms with Crippen molar-refractivity contribution in [1.29, 1.82) is 0 Å². The van der Waals surface area contributed by atoms with Gasteiger partial charge in [-0.25, -0.2) is 17.9 Å². The smallest absolute Gasteiger partial charge is 0.329 e. The summed E-state index contributed by atoms with van der Waals surface area (Å²) in [7, 11) is -2.65. The lowest BCUT2D eigenvalue weighted by molar-refractivity contribution is -0.120. The van der Waals surface area contributed by atoms with Crippen LogP contribution in [0.5, 0.6) is 11.5 Å². The molecule has 0 saturated carbocycles. The number of halogens is 1. The van der Waals surface area contributed by atoms with E-state index in [1.807, 2.05) is 35.1 Å². The molecule has 0 unspecified atom stereocenters. The van der Waals surface area contributed by atoms with Crippen molar-refractivity contribution >= 4 is 39.2 Å².